The highest BCUT2D eigenvalue weighted by atomic mass is 19.4. The lowest BCUT2D eigenvalue weighted by molar-refractivity contribution is -0.274. The average Bonchev–Trinajstić information content (AvgIpc) is 2.46. The minimum Gasteiger partial charge on any atom is -0.406 e. The molecule has 2 rings (SSSR count). The van der Waals surface area contributed by atoms with E-state index in [1.165, 1.54) is 12.4 Å². The van der Waals surface area contributed by atoms with Crippen molar-refractivity contribution in [2.75, 3.05) is 0 Å². The van der Waals surface area contributed by atoms with E-state index in [1.807, 2.05) is 27.7 Å². The van der Waals surface area contributed by atoms with Crippen LogP contribution in [0.2, 0.25) is 0 Å². The van der Waals surface area contributed by atoms with Crippen LogP contribution in [0.4, 0.5) is 13.2 Å². The predicted octanol–water partition coefficient (Wildman–Crippen LogP) is 2.28. The standard InChI is InChI=1S/C12H15BF3NO3/c1-10(2)11(3,4)20-13(19-10)8-7-17-6-5-9(8)18-12(14,15)16/h5-7H,1-4H3. The fourth-order valence-electron chi connectivity index (χ4n) is 1.76. The van der Waals surface area contributed by atoms with Gasteiger partial charge in [0.15, 0.2) is 0 Å². The van der Waals surface area contributed by atoms with Crippen molar-refractivity contribution >= 4 is 12.6 Å². The Morgan fingerprint density at radius 2 is 1.70 bits per heavy atom. The predicted molar refractivity (Wildman–Crippen MR) is 66.6 cm³/mol. The molecule has 0 atom stereocenters. The zero-order valence-corrected chi connectivity index (χ0v) is 11.6. The maximum atomic E-state index is 12.4. The Labute approximate surface area is 115 Å². The monoisotopic (exact) mass is 289 g/mol. The maximum absolute atomic E-state index is 12.4. The molecule has 0 spiro atoms. The molecule has 20 heavy (non-hydrogen) atoms. The molecule has 1 aromatic heterocycles. The third-order valence-electron chi connectivity index (χ3n) is 3.54. The van der Waals surface area contributed by atoms with Gasteiger partial charge in [0, 0.05) is 17.9 Å². The average molecular weight is 289 g/mol. The van der Waals surface area contributed by atoms with Crippen molar-refractivity contribution in [3.63, 3.8) is 0 Å². The molecule has 110 valence electrons. The minimum atomic E-state index is -4.78. The van der Waals surface area contributed by atoms with Crippen molar-refractivity contribution in [3.05, 3.63) is 18.5 Å². The van der Waals surface area contributed by atoms with Gasteiger partial charge in [-0.25, -0.2) is 0 Å². The zero-order valence-electron chi connectivity index (χ0n) is 11.6. The maximum Gasteiger partial charge on any atom is 0.573 e. The first kappa shape index (κ1) is 15.1. The quantitative estimate of drug-likeness (QED) is 0.783. The van der Waals surface area contributed by atoms with Crippen LogP contribution in [0.5, 0.6) is 5.75 Å². The van der Waals surface area contributed by atoms with E-state index in [2.05, 4.69) is 9.72 Å². The summed E-state index contributed by atoms with van der Waals surface area (Å²) in [5.74, 6) is -0.369. The first-order valence-corrected chi connectivity index (χ1v) is 6.07. The Hall–Kier alpha value is -1.28. The lowest BCUT2D eigenvalue weighted by atomic mass is 9.79. The summed E-state index contributed by atoms with van der Waals surface area (Å²) in [7, 11) is -0.953. The molecule has 1 fully saturated rings. The fraction of sp³-hybridized carbons (Fsp3) is 0.583. The van der Waals surface area contributed by atoms with Crippen molar-refractivity contribution in [2.45, 2.75) is 45.3 Å². The van der Waals surface area contributed by atoms with E-state index in [0.717, 1.165) is 6.07 Å². The molecular weight excluding hydrogens is 274 g/mol. The molecule has 4 nitrogen and oxygen atoms in total. The lowest BCUT2D eigenvalue weighted by Gasteiger charge is -2.32. The highest BCUT2D eigenvalue weighted by Crippen LogP contribution is 2.37. The molecule has 2 heterocycles. The van der Waals surface area contributed by atoms with E-state index < -0.39 is 24.7 Å². The van der Waals surface area contributed by atoms with Crippen LogP contribution in [-0.2, 0) is 9.31 Å². The Morgan fingerprint density at radius 3 is 2.20 bits per heavy atom. The fourth-order valence-corrected chi connectivity index (χ4v) is 1.76. The van der Waals surface area contributed by atoms with Gasteiger partial charge in [-0.15, -0.1) is 13.2 Å². The first-order chi connectivity index (χ1) is 9.02. The van der Waals surface area contributed by atoms with Crippen LogP contribution in [0.1, 0.15) is 27.7 Å². The summed E-state index contributed by atoms with van der Waals surface area (Å²) in [5, 5.41) is 0. The van der Waals surface area contributed by atoms with Gasteiger partial charge >= 0.3 is 13.5 Å². The number of hydrogen-bond donors (Lipinski definition) is 0. The molecule has 0 saturated carbocycles. The van der Waals surface area contributed by atoms with Crippen LogP contribution >= 0.6 is 0 Å². The summed E-state index contributed by atoms with van der Waals surface area (Å²) in [6, 6.07) is 1.13. The van der Waals surface area contributed by atoms with Gasteiger partial charge in [0.2, 0.25) is 0 Å². The molecule has 1 aliphatic heterocycles. The van der Waals surface area contributed by atoms with E-state index in [4.69, 9.17) is 9.31 Å². The van der Waals surface area contributed by atoms with Crippen molar-refractivity contribution in [1.82, 2.24) is 4.98 Å². The van der Waals surface area contributed by atoms with Crippen molar-refractivity contribution in [1.29, 1.82) is 0 Å². The first-order valence-electron chi connectivity index (χ1n) is 6.07. The van der Waals surface area contributed by atoms with Gasteiger partial charge in [-0.3, -0.25) is 4.98 Å². The molecule has 0 bridgehead atoms. The summed E-state index contributed by atoms with van der Waals surface area (Å²) in [6.45, 7) is 7.25. The van der Waals surface area contributed by atoms with E-state index in [9.17, 15) is 13.2 Å². The molecule has 1 aromatic rings. The summed E-state index contributed by atoms with van der Waals surface area (Å²) in [6.07, 6.45) is -2.31. The Bertz CT molecular complexity index is 489. The molecule has 1 saturated heterocycles. The van der Waals surface area contributed by atoms with Gasteiger partial charge in [0.05, 0.1) is 11.2 Å². The number of halogens is 3. The molecule has 0 unspecified atom stereocenters. The summed E-state index contributed by atoms with van der Waals surface area (Å²) in [5.41, 5.74) is -1.19. The normalized spacial score (nSPS) is 21.1. The van der Waals surface area contributed by atoms with E-state index in [0.29, 0.717) is 0 Å². The molecule has 1 aliphatic rings. The topological polar surface area (TPSA) is 40.6 Å². The zero-order chi connectivity index (χ0) is 15.2. The van der Waals surface area contributed by atoms with Gasteiger partial charge in [-0.05, 0) is 33.8 Å². The van der Waals surface area contributed by atoms with E-state index >= 15 is 0 Å². The van der Waals surface area contributed by atoms with Gasteiger partial charge in [0.1, 0.15) is 5.75 Å². The van der Waals surface area contributed by atoms with Gasteiger partial charge in [0.25, 0.3) is 0 Å². The Balaban J connectivity index is 2.31. The number of rotatable bonds is 2. The molecule has 0 N–H and O–H groups in total. The van der Waals surface area contributed by atoms with Crippen LogP contribution in [0.3, 0.4) is 0 Å². The number of aromatic nitrogens is 1. The number of pyridine rings is 1. The smallest absolute Gasteiger partial charge is 0.406 e. The largest absolute Gasteiger partial charge is 0.573 e. The summed E-state index contributed by atoms with van der Waals surface area (Å²) < 4.78 is 52.5. The Kier molecular flexibility index (Phi) is 3.50. The molecule has 0 radical (unpaired) electrons. The van der Waals surface area contributed by atoms with Crippen LogP contribution in [-0.4, -0.2) is 29.7 Å². The van der Waals surface area contributed by atoms with Crippen LogP contribution in [0, 0.1) is 0 Å². The number of alkyl halides is 3. The van der Waals surface area contributed by atoms with Gasteiger partial charge in [-0.2, -0.15) is 0 Å². The SMILES string of the molecule is CC1(C)OB(c2cnccc2OC(F)(F)F)OC1(C)C. The van der Waals surface area contributed by atoms with Crippen LogP contribution in [0.25, 0.3) is 0 Å². The second-order valence-electron chi connectivity index (χ2n) is 5.55. The van der Waals surface area contributed by atoms with E-state index in [-0.39, 0.29) is 11.2 Å². The van der Waals surface area contributed by atoms with Crippen LogP contribution in [0.15, 0.2) is 18.5 Å². The summed E-state index contributed by atoms with van der Waals surface area (Å²) >= 11 is 0. The highest BCUT2D eigenvalue weighted by molar-refractivity contribution is 6.63. The van der Waals surface area contributed by atoms with Crippen LogP contribution < -0.4 is 10.2 Å². The number of ether oxygens (including phenoxy) is 1. The molecule has 0 aliphatic carbocycles. The Morgan fingerprint density at radius 1 is 1.15 bits per heavy atom. The third kappa shape index (κ3) is 2.91. The van der Waals surface area contributed by atoms with Crippen molar-refractivity contribution in [2.24, 2.45) is 0 Å². The molecule has 8 heteroatoms. The minimum absolute atomic E-state index is 0.114. The highest BCUT2D eigenvalue weighted by Gasteiger charge is 2.53. The van der Waals surface area contributed by atoms with Gasteiger partial charge in [-0.1, -0.05) is 0 Å². The molecule has 0 aromatic carbocycles. The van der Waals surface area contributed by atoms with E-state index in [1.54, 1.807) is 0 Å². The number of hydrogen-bond acceptors (Lipinski definition) is 4. The second-order valence-corrected chi connectivity index (χ2v) is 5.55. The number of nitrogens with zero attached hydrogens (tertiary/aromatic N) is 1. The van der Waals surface area contributed by atoms with Crippen molar-refractivity contribution < 1.29 is 27.2 Å². The van der Waals surface area contributed by atoms with Crippen molar-refractivity contribution in [3.8, 4) is 5.75 Å². The second kappa shape index (κ2) is 4.63. The summed E-state index contributed by atoms with van der Waals surface area (Å²) in [4.78, 5) is 3.81. The molecular formula is C12H15BF3NO3. The molecule has 0 amide bonds. The van der Waals surface area contributed by atoms with Gasteiger partial charge < -0.3 is 14.0 Å². The lowest BCUT2D eigenvalue weighted by Crippen LogP contribution is -2.41. The third-order valence-corrected chi connectivity index (χ3v) is 3.54.